The van der Waals surface area contributed by atoms with E-state index in [1.807, 2.05) is 43.7 Å². The average Bonchev–Trinajstić information content (AvgIpc) is 2.91. The van der Waals surface area contributed by atoms with E-state index in [-0.39, 0.29) is 17.8 Å². The van der Waals surface area contributed by atoms with Crippen molar-refractivity contribution in [1.29, 1.82) is 0 Å². The monoisotopic (exact) mass is 354 g/mol. The van der Waals surface area contributed by atoms with Crippen LogP contribution in [0.3, 0.4) is 0 Å². The highest BCUT2D eigenvalue weighted by Crippen LogP contribution is 2.27. The zero-order valence-electron chi connectivity index (χ0n) is 15.2. The van der Waals surface area contributed by atoms with Crippen LogP contribution in [0.4, 0.5) is 10.1 Å². The predicted octanol–water partition coefficient (Wildman–Crippen LogP) is 3.75. The predicted molar refractivity (Wildman–Crippen MR) is 102 cm³/mol. The minimum atomic E-state index is -0.303. The van der Waals surface area contributed by atoms with Crippen LogP contribution in [0.2, 0.25) is 0 Å². The van der Waals surface area contributed by atoms with Gasteiger partial charge in [0, 0.05) is 36.8 Å². The number of carbonyl (C=O) groups excluding carboxylic acids is 1. The van der Waals surface area contributed by atoms with Crippen LogP contribution in [0.25, 0.3) is 22.4 Å². The summed E-state index contributed by atoms with van der Waals surface area (Å²) in [5.41, 5.74) is 9.80. The minimum absolute atomic E-state index is 0.00612. The molecule has 3 aromatic rings. The Morgan fingerprint density at radius 2 is 2.08 bits per heavy atom. The molecule has 1 aromatic heterocycles. The number of anilines is 1. The fourth-order valence-electron chi connectivity index (χ4n) is 2.95. The number of fused-ring (bicyclic) bond motifs is 1. The van der Waals surface area contributed by atoms with Gasteiger partial charge in [-0.3, -0.25) is 4.79 Å². The van der Waals surface area contributed by atoms with E-state index >= 15 is 0 Å². The molecule has 1 atom stereocenters. The number of aromatic nitrogens is 2. The number of hydrogen-bond donors (Lipinski definition) is 2. The molecule has 1 heterocycles. The van der Waals surface area contributed by atoms with Gasteiger partial charge in [-0.2, -0.15) is 0 Å². The smallest absolute Gasteiger partial charge is 0.224 e. The zero-order valence-corrected chi connectivity index (χ0v) is 15.2. The van der Waals surface area contributed by atoms with Crippen molar-refractivity contribution >= 4 is 22.6 Å². The molecule has 1 amide bonds. The summed E-state index contributed by atoms with van der Waals surface area (Å²) in [7, 11) is 1.90. The lowest BCUT2D eigenvalue weighted by atomic mass is 10.1. The lowest BCUT2D eigenvalue weighted by Gasteiger charge is -2.11. The second-order valence-electron chi connectivity index (χ2n) is 6.72. The number of nitrogens with zero attached hydrogens (tertiary/aromatic N) is 2. The van der Waals surface area contributed by atoms with Crippen molar-refractivity contribution < 1.29 is 9.18 Å². The first-order valence-electron chi connectivity index (χ1n) is 8.63. The van der Waals surface area contributed by atoms with Gasteiger partial charge in [-0.1, -0.05) is 0 Å². The number of aryl methyl sites for hydroxylation is 2. The lowest BCUT2D eigenvalue weighted by Crippen LogP contribution is -2.19. The summed E-state index contributed by atoms with van der Waals surface area (Å²) < 4.78 is 15.4. The Balaban J connectivity index is 1.86. The molecule has 26 heavy (non-hydrogen) atoms. The molecule has 1 unspecified atom stereocenters. The molecule has 6 heteroatoms. The van der Waals surface area contributed by atoms with Crippen LogP contribution in [-0.2, 0) is 11.8 Å². The van der Waals surface area contributed by atoms with Gasteiger partial charge in [-0.05, 0) is 56.2 Å². The summed E-state index contributed by atoms with van der Waals surface area (Å²) in [5.74, 6) is 0.406. The molecule has 0 aliphatic rings. The van der Waals surface area contributed by atoms with Crippen LogP contribution in [0, 0.1) is 12.7 Å². The van der Waals surface area contributed by atoms with Crippen molar-refractivity contribution in [2.75, 3.05) is 5.32 Å². The Bertz CT molecular complexity index is 962. The van der Waals surface area contributed by atoms with E-state index in [4.69, 9.17) is 5.73 Å². The standard InChI is InChI=1S/C20H23FN4O/c1-12-10-14(5-7-16(12)23-19(26)9-4-13(2)22)20-24-17-11-15(21)6-8-18(17)25(20)3/h5-8,10-11,13H,4,9,22H2,1-3H3,(H,23,26). The van der Waals surface area contributed by atoms with Gasteiger partial charge in [-0.25, -0.2) is 9.37 Å². The summed E-state index contributed by atoms with van der Waals surface area (Å²) in [6.07, 6.45) is 1.05. The molecule has 0 saturated carbocycles. The number of nitrogens with one attached hydrogen (secondary N) is 1. The van der Waals surface area contributed by atoms with Crippen LogP contribution >= 0.6 is 0 Å². The number of rotatable bonds is 5. The largest absolute Gasteiger partial charge is 0.328 e. The summed E-state index contributed by atoms with van der Waals surface area (Å²) in [5, 5.41) is 2.92. The summed E-state index contributed by atoms with van der Waals surface area (Å²) in [6, 6.07) is 10.3. The van der Waals surface area contributed by atoms with Crippen LogP contribution in [0.5, 0.6) is 0 Å². The Labute approximate surface area is 152 Å². The molecular weight excluding hydrogens is 331 g/mol. The summed E-state index contributed by atoms with van der Waals surface area (Å²) in [4.78, 5) is 16.6. The van der Waals surface area contributed by atoms with E-state index in [1.165, 1.54) is 12.1 Å². The molecule has 0 radical (unpaired) electrons. The van der Waals surface area contributed by atoms with E-state index in [2.05, 4.69) is 10.3 Å². The first-order chi connectivity index (χ1) is 12.3. The van der Waals surface area contributed by atoms with Crippen molar-refractivity contribution in [3.05, 3.63) is 47.8 Å². The van der Waals surface area contributed by atoms with Gasteiger partial charge in [0.15, 0.2) is 0 Å². The molecule has 0 fully saturated rings. The topological polar surface area (TPSA) is 72.9 Å². The Morgan fingerprint density at radius 1 is 1.31 bits per heavy atom. The third-order valence-corrected chi connectivity index (χ3v) is 4.43. The van der Waals surface area contributed by atoms with Gasteiger partial charge < -0.3 is 15.6 Å². The molecular formula is C20H23FN4O. The van der Waals surface area contributed by atoms with Gasteiger partial charge >= 0.3 is 0 Å². The van der Waals surface area contributed by atoms with E-state index < -0.39 is 0 Å². The molecule has 5 nitrogen and oxygen atoms in total. The molecule has 3 rings (SSSR count). The Morgan fingerprint density at radius 3 is 2.77 bits per heavy atom. The first kappa shape index (κ1) is 18.1. The molecule has 0 bridgehead atoms. The molecule has 3 N–H and O–H groups in total. The van der Waals surface area contributed by atoms with Gasteiger partial charge in [0.2, 0.25) is 5.91 Å². The van der Waals surface area contributed by atoms with E-state index in [0.29, 0.717) is 18.4 Å². The number of amides is 1. The van der Waals surface area contributed by atoms with Crippen LogP contribution in [0.15, 0.2) is 36.4 Å². The van der Waals surface area contributed by atoms with Crippen LogP contribution in [0.1, 0.15) is 25.3 Å². The highest BCUT2D eigenvalue weighted by Gasteiger charge is 2.12. The summed E-state index contributed by atoms with van der Waals surface area (Å²) in [6.45, 7) is 3.82. The van der Waals surface area contributed by atoms with Crippen molar-refractivity contribution in [2.45, 2.75) is 32.7 Å². The van der Waals surface area contributed by atoms with Crippen LogP contribution < -0.4 is 11.1 Å². The van der Waals surface area contributed by atoms with Gasteiger partial charge in [0.25, 0.3) is 0 Å². The number of halogens is 1. The maximum absolute atomic E-state index is 13.4. The highest BCUT2D eigenvalue weighted by molar-refractivity contribution is 5.92. The highest BCUT2D eigenvalue weighted by atomic mass is 19.1. The Kier molecular flexibility index (Phi) is 5.04. The molecule has 0 spiro atoms. The fraction of sp³-hybridized carbons (Fsp3) is 0.300. The lowest BCUT2D eigenvalue weighted by molar-refractivity contribution is -0.116. The summed E-state index contributed by atoms with van der Waals surface area (Å²) >= 11 is 0. The zero-order chi connectivity index (χ0) is 18.8. The molecule has 0 aliphatic carbocycles. The van der Waals surface area contributed by atoms with Gasteiger partial charge in [-0.15, -0.1) is 0 Å². The normalized spacial score (nSPS) is 12.3. The second kappa shape index (κ2) is 7.25. The Hall–Kier alpha value is -2.73. The SMILES string of the molecule is Cc1cc(-c2nc3cc(F)ccc3n2C)ccc1NC(=O)CCC(C)N. The number of hydrogen-bond acceptors (Lipinski definition) is 3. The van der Waals surface area contributed by atoms with Crippen LogP contribution in [-0.4, -0.2) is 21.5 Å². The van der Waals surface area contributed by atoms with E-state index in [1.54, 1.807) is 6.07 Å². The number of carbonyl (C=O) groups is 1. The molecule has 2 aromatic carbocycles. The minimum Gasteiger partial charge on any atom is -0.328 e. The van der Waals surface area contributed by atoms with Gasteiger partial charge in [0.1, 0.15) is 11.6 Å². The number of nitrogens with two attached hydrogens (primary N) is 1. The third kappa shape index (κ3) is 3.75. The quantitative estimate of drug-likeness (QED) is 0.733. The van der Waals surface area contributed by atoms with Crippen molar-refractivity contribution in [2.24, 2.45) is 12.8 Å². The molecule has 0 aliphatic heterocycles. The van der Waals surface area contributed by atoms with E-state index in [9.17, 15) is 9.18 Å². The van der Waals surface area contributed by atoms with Gasteiger partial charge in [0.05, 0.1) is 11.0 Å². The van der Waals surface area contributed by atoms with Crippen molar-refractivity contribution in [3.63, 3.8) is 0 Å². The number of imidazole rings is 1. The first-order valence-corrected chi connectivity index (χ1v) is 8.63. The van der Waals surface area contributed by atoms with E-state index in [0.717, 1.165) is 28.2 Å². The fourth-order valence-corrected chi connectivity index (χ4v) is 2.95. The average molecular weight is 354 g/mol. The number of benzene rings is 2. The second-order valence-corrected chi connectivity index (χ2v) is 6.72. The van der Waals surface area contributed by atoms with Crippen molar-refractivity contribution in [3.8, 4) is 11.4 Å². The molecule has 0 saturated heterocycles. The maximum atomic E-state index is 13.4. The maximum Gasteiger partial charge on any atom is 0.224 e. The van der Waals surface area contributed by atoms with Crippen molar-refractivity contribution in [1.82, 2.24) is 9.55 Å². The third-order valence-electron chi connectivity index (χ3n) is 4.43. The molecule has 136 valence electrons.